The van der Waals surface area contributed by atoms with Gasteiger partial charge in [0, 0.05) is 32.5 Å². The van der Waals surface area contributed by atoms with Gasteiger partial charge in [-0.2, -0.15) is 0 Å². The van der Waals surface area contributed by atoms with Crippen LogP contribution in [0.4, 0.5) is 4.79 Å². The van der Waals surface area contributed by atoms with Gasteiger partial charge in [-0.05, 0) is 39.2 Å². The molecule has 0 unspecified atom stereocenters. The standard InChI is InChI=1S/C8H15BrN2O2.C8H14BrNO2.C8H16BrNO.C4H5NO2.CH3NO.CH5N/c9-6-8(13)11-5-3-1-2-4-7(10)12;9-7-8(12)10-5-3-1-2-4-6-11;1-2-3-4-5-6-10-8(11)7-9;1-2-3-7-4(5)6;2-1-3;1-2/h1-6H2,(H2,10,12)(H,11,13);6H,1-5,7H2,(H,10,12);2-7H2,1H3,(H,10,11);1H,3H2,(H2,5,6);1H,(H2,2,3);2H2,1H3. The molecule has 0 aliphatic carbocycles. The number of amides is 6. The highest BCUT2D eigenvalue weighted by atomic mass is 79.9. The molecule has 18 heteroatoms. The molecule has 0 bridgehead atoms. The van der Waals surface area contributed by atoms with E-state index in [1.165, 1.54) is 26.3 Å². The molecule has 0 aromatic rings. The lowest BCUT2D eigenvalue weighted by atomic mass is 10.2. The number of hydrogen-bond donors (Lipinski definition) is 7. The number of unbranched alkanes of at least 4 members (excludes halogenated alkanes) is 8. The summed E-state index contributed by atoms with van der Waals surface area (Å²) in [6.45, 7) is 4.34. The molecule has 0 aromatic heterocycles. The van der Waals surface area contributed by atoms with E-state index in [0.717, 1.165) is 57.8 Å². The number of primary amides is 3. The van der Waals surface area contributed by atoms with Crippen LogP contribution in [0, 0.1) is 12.3 Å². The van der Waals surface area contributed by atoms with Gasteiger partial charge in [0.05, 0.1) is 16.0 Å². The SMILES string of the molecule is C#CCOC(N)=O.CCCCCCNC(=O)CBr.CN.NC(=O)CCCCCNC(=O)CBr.NC=O.O=CCCCCCNC(=O)CBr. The number of carbonyl (C=O) groups excluding carboxylic acids is 7. The van der Waals surface area contributed by atoms with Gasteiger partial charge < -0.3 is 48.4 Å². The van der Waals surface area contributed by atoms with Crippen LogP contribution in [-0.4, -0.2) is 91.7 Å². The predicted molar refractivity (Wildman–Crippen MR) is 201 cm³/mol. The topological polar surface area (TPSA) is 269 Å². The molecule has 11 N–H and O–H groups in total. The van der Waals surface area contributed by atoms with Gasteiger partial charge in [0.15, 0.2) is 6.61 Å². The summed E-state index contributed by atoms with van der Waals surface area (Å²) in [6.07, 6.45) is 16.4. The molecule has 0 heterocycles. The Kier molecular flexibility index (Phi) is 67.8. The van der Waals surface area contributed by atoms with Crippen molar-refractivity contribution in [3.8, 4) is 12.3 Å². The normalized spacial score (nSPS) is 8.52. The summed E-state index contributed by atoms with van der Waals surface area (Å²) in [5.74, 6) is 1.92. The summed E-state index contributed by atoms with van der Waals surface area (Å²) in [6, 6.07) is 0. The van der Waals surface area contributed by atoms with Crippen LogP contribution in [0.3, 0.4) is 0 Å². The molecule has 15 nitrogen and oxygen atoms in total. The quantitative estimate of drug-likeness (QED) is 0.0385. The number of alkyl halides is 3. The molecule has 0 saturated carbocycles. The number of halogens is 3. The van der Waals surface area contributed by atoms with E-state index in [1.807, 2.05) is 0 Å². The number of nitrogens with one attached hydrogen (secondary N) is 3. The molecule has 282 valence electrons. The minimum atomic E-state index is -0.835. The highest BCUT2D eigenvalue weighted by Crippen LogP contribution is 1.98. The Hall–Kier alpha value is -2.75. The van der Waals surface area contributed by atoms with E-state index >= 15 is 0 Å². The van der Waals surface area contributed by atoms with Gasteiger partial charge in [0.1, 0.15) is 6.29 Å². The van der Waals surface area contributed by atoms with E-state index < -0.39 is 6.09 Å². The Morgan fingerprint density at radius 2 is 1.08 bits per heavy atom. The highest BCUT2D eigenvalue weighted by Gasteiger charge is 1.98. The van der Waals surface area contributed by atoms with Crippen LogP contribution in [0.25, 0.3) is 0 Å². The number of aldehydes is 1. The fourth-order valence-corrected chi connectivity index (χ4v) is 3.21. The predicted octanol–water partition coefficient (Wildman–Crippen LogP) is 2.27. The van der Waals surface area contributed by atoms with Crippen LogP contribution in [0.2, 0.25) is 0 Å². The van der Waals surface area contributed by atoms with Crippen molar-refractivity contribution in [2.75, 3.05) is 49.3 Å². The van der Waals surface area contributed by atoms with Crippen LogP contribution >= 0.6 is 47.8 Å². The Bertz CT molecular complexity index is 822. The van der Waals surface area contributed by atoms with Crippen LogP contribution < -0.4 is 38.9 Å². The molecule has 0 atom stereocenters. The zero-order valence-electron chi connectivity index (χ0n) is 28.4. The molecule has 6 amide bonds. The molecule has 0 aromatic carbocycles. The third-order valence-electron chi connectivity index (χ3n) is 4.76. The minimum Gasteiger partial charge on any atom is -0.437 e. The fraction of sp³-hybridized carbons (Fsp3) is 0.700. The van der Waals surface area contributed by atoms with Gasteiger partial charge in [0.2, 0.25) is 30.0 Å². The van der Waals surface area contributed by atoms with Gasteiger partial charge in [-0.25, -0.2) is 4.79 Å². The lowest BCUT2D eigenvalue weighted by molar-refractivity contribution is -0.119. The van der Waals surface area contributed by atoms with Gasteiger partial charge in [-0.1, -0.05) is 92.7 Å². The first-order valence-corrected chi connectivity index (χ1v) is 18.6. The second kappa shape index (κ2) is 56.6. The first kappa shape index (κ1) is 57.5. The molecule has 0 aliphatic heterocycles. The summed E-state index contributed by atoms with van der Waals surface area (Å²) < 4.78 is 4.09. The van der Waals surface area contributed by atoms with Crippen LogP contribution in [-0.2, 0) is 33.5 Å². The van der Waals surface area contributed by atoms with Crippen LogP contribution in [0.15, 0.2) is 0 Å². The lowest BCUT2D eigenvalue weighted by Gasteiger charge is -2.01. The van der Waals surface area contributed by atoms with Gasteiger partial charge in [-0.15, -0.1) is 6.42 Å². The number of rotatable bonds is 21. The van der Waals surface area contributed by atoms with Crippen molar-refractivity contribution in [2.45, 2.75) is 84.0 Å². The molecule has 0 fully saturated rings. The van der Waals surface area contributed by atoms with E-state index in [1.54, 1.807) is 0 Å². The molecule has 0 radical (unpaired) electrons. The van der Waals surface area contributed by atoms with Crippen molar-refractivity contribution in [3.63, 3.8) is 0 Å². The zero-order chi connectivity index (χ0) is 38.3. The minimum absolute atomic E-state index is 0.00472. The third kappa shape index (κ3) is 79.1. The average Bonchev–Trinajstić information content (AvgIpc) is 3.08. The summed E-state index contributed by atoms with van der Waals surface area (Å²) in [4.78, 5) is 70.6. The van der Waals surface area contributed by atoms with Crippen molar-refractivity contribution in [1.29, 1.82) is 0 Å². The highest BCUT2D eigenvalue weighted by molar-refractivity contribution is 9.09. The van der Waals surface area contributed by atoms with Gasteiger partial charge in [-0.3, -0.25) is 24.0 Å². The number of nitrogens with two attached hydrogens (primary N) is 4. The Morgan fingerprint density at radius 1 is 0.708 bits per heavy atom. The van der Waals surface area contributed by atoms with E-state index in [0.29, 0.717) is 41.9 Å². The first-order valence-electron chi connectivity index (χ1n) is 15.3. The lowest BCUT2D eigenvalue weighted by Crippen LogP contribution is -2.25. The largest absolute Gasteiger partial charge is 0.437 e. The Morgan fingerprint density at radius 3 is 1.35 bits per heavy atom. The number of ether oxygens (including phenoxy) is 1. The summed E-state index contributed by atoms with van der Waals surface area (Å²) in [5.41, 5.74) is 18.2. The summed E-state index contributed by atoms with van der Waals surface area (Å²) >= 11 is 9.18. The second-order valence-electron chi connectivity index (χ2n) is 8.75. The molecule has 0 saturated heterocycles. The van der Waals surface area contributed by atoms with Gasteiger partial charge >= 0.3 is 6.09 Å². The van der Waals surface area contributed by atoms with Gasteiger partial charge in [0.25, 0.3) is 0 Å². The van der Waals surface area contributed by atoms with Crippen molar-refractivity contribution < 1.29 is 38.3 Å². The second-order valence-corrected chi connectivity index (χ2v) is 10.4. The van der Waals surface area contributed by atoms with Crippen molar-refractivity contribution in [1.82, 2.24) is 16.0 Å². The molecular weight excluding hydrogens is 826 g/mol. The number of carbonyl (C=O) groups is 7. The number of terminal acetylenes is 1. The molecule has 0 rings (SSSR count). The van der Waals surface area contributed by atoms with Crippen molar-refractivity contribution in [3.05, 3.63) is 0 Å². The number of hydrogen-bond acceptors (Lipinski definition) is 9. The monoisotopic (exact) mass is 881 g/mol. The average molecular weight is 885 g/mol. The van der Waals surface area contributed by atoms with E-state index in [9.17, 15) is 28.8 Å². The van der Waals surface area contributed by atoms with E-state index in [2.05, 4.69) is 98.5 Å². The summed E-state index contributed by atoms with van der Waals surface area (Å²) in [5, 5.41) is 9.38. The Labute approximate surface area is 311 Å². The maximum Gasteiger partial charge on any atom is 0.405 e. The third-order valence-corrected chi connectivity index (χ3v) is 6.29. The molecule has 48 heavy (non-hydrogen) atoms. The first-order chi connectivity index (χ1) is 23.0. The summed E-state index contributed by atoms with van der Waals surface area (Å²) in [7, 11) is 1.50. The van der Waals surface area contributed by atoms with Crippen molar-refractivity contribution in [2.24, 2.45) is 22.9 Å². The van der Waals surface area contributed by atoms with Crippen molar-refractivity contribution >= 4 is 90.2 Å². The smallest absolute Gasteiger partial charge is 0.405 e. The molecular formula is C30H58Br3N7O8. The molecule has 0 aliphatic rings. The maximum absolute atomic E-state index is 10.7. The molecule has 0 spiro atoms. The fourth-order valence-electron chi connectivity index (χ4n) is 2.62. The van der Waals surface area contributed by atoms with E-state index in [-0.39, 0.29) is 36.6 Å². The van der Waals surface area contributed by atoms with Crippen LogP contribution in [0.1, 0.15) is 84.0 Å². The maximum atomic E-state index is 10.7. The zero-order valence-corrected chi connectivity index (χ0v) is 33.1. The van der Waals surface area contributed by atoms with E-state index in [4.69, 9.17) is 17.0 Å². The Balaban J connectivity index is -0.000000119. The van der Waals surface area contributed by atoms with Crippen LogP contribution in [0.5, 0.6) is 0 Å².